The highest BCUT2D eigenvalue weighted by molar-refractivity contribution is 5.81. The van der Waals surface area contributed by atoms with E-state index in [4.69, 9.17) is 0 Å². The van der Waals surface area contributed by atoms with Gasteiger partial charge in [0.1, 0.15) is 0 Å². The summed E-state index contributed by atoms with van der Waals surface area (Å²) in [6, 6.07) is 9.38. The molecule has 1 aliphatic rings. The lowest BCUT2D eigenvalue weighted by Crippen LogP contribution is -2.29. The Morgan fingerprint density at radius 2 is 2.14 bits per heavy atom. The Balaban J connectivity index is 1.77. The number of benzene rings is 1. The summed E-state index contributed by atoms with van der Waals surface area (Å²) in [5, 5.41) is 7.57. The van der Waals surface area contributed by atoms with Gasteiger partial charge in [0.25, 0.3) is 0 Å². The zero-order valence-corrected chi connectivity index (χ0v) is 13.3. The number of nitrogens with zero attached hydrogens (tertiary/aromatic N) is 1. The first-order valence-corrected chi connectivity index (χ1v) is 8.35. The fourth-order valence-corrected chi connectivity index (χ4v) is 3.30. The molecule has 118 valence electrons. The highest BCUT2D eigenvalue weighted by Crippen LogP contribution is 2.26. The van der Waals surface area contributed by atoms with Gasteiger partial charge in [-0.25, -0.2) is 0 Å². The molecule has 1 aliphatic heterocycles. The summed E-state index contributed by atoms with van der Waals surface area (Å²) in [5.41, 5.74) is 2.55. The van der Waals surface area contributed by atoms with E-state index >= 15 is 0 Å². The van der Waals surface area contributed by atoms with Crippen LogP contribution in [0.25, 0.3) is 10.9 Å². The van der Waals surface area contributed by atoms with Crippen molar-refractivity contribution in [3.8, 4) is 0 Å². The molecule has 0 aliphatic carbocycles. The van der Waals surface area contributed by atoms with Crippen LogP contribution in [0.4, 0.5) is 0 Å². The number of nitrogens with one attached hydrogen (secondary N) is 2. The Kier molecular flexibility index (Phi) is 4.78. The number of hydrogen-bond acceptors (Lipinski definition) is 2. The fourth-order valence-electron chi connectivity index (χ4n) is 3.30. The third-order valence-corrected chi connectivity index (χ3v) is 4.50. The van der Waals surface area contributed by atoms with E-state index in [1.54, 1.807) is 0 Å². The molecule has 4 nitrogen and oxygen atoms in total. The van der Waals surface area contributed by atoms with Crippen molar-refractivity contribution >= 4 is 16.8 Å². The van der Waals surface area contributed by atoms with Gasteiger partial charge in [-0.2, -0.15) is 0 Å². The predicted octanol–water partition coefficient (Wildman–Crippen LogP) is 2.63. The minimum Gasteiger partial charge on any atom is -0.356 e. The van der Waals surface area contributed by atoms with Crippen molar-refractivity contribution in [2.24, 2.45) is 0 Å². The number of amides is 1. The molecule has 0 bridgehead atoms. The topological polar surface area (TPSA) is 46.1 Å². The zero-order valence-electron chi connectivity index (χ0n) is 13.3. The van der Waals surface area contributed by atoms with Crippen molar-refractivity contribution in [2.45, 2.75) is 38.6 Å². The van der Waals surface area contributed by atoms with Crippen LogP contribution in [0.3, 0.4) is 0 Å². The van der Waals surface area contributed by atoms with E-state index in [2.05, 4.69) is 45.7 Å². The van der Waals surface area contributed by atoms with Gasteiger partial charge in [0.2, 0.25) is 5.91 Å². The number of rotatable bonds is 5. The van der Waals surface area contributed by atoms with Crippen LogP contribution in [0, 0.1) is 0 Å². The number of aromatic nitrogens is 1. The van der Waals surface area contributed by atoms with Crippen molar-refractivity contribution in [1.82, 2.24) is 15.2 Å². The van der Waals surface area contributed by atoms with Crippen molar-refractivity contribution in [3.63, 3.8) is 0 Å². The molecule has 0 radical (unpaired) electrons. The first-order chi connectivity index (χ1) is 10.8. The van der Waals surface area contributed by atoms with Gasteiger partial charge >= 0.3 is 0 Å². The van der Waals surface area contributed by atoms with Gasteiger partial charge < -0.3 is 15.2 Å². The number of aryl methyl sites for hydroxylation is 1. The van der Waals surface area contributed by atoms with Crippen molar-refractivity contribution in [1.29, 1.82) is 0 Å². The number of carbonyl (C=O) groups excluding carboxylic acids is 1. The SMILES string of the molecule is CCNC(=O)CCc1ccc2ccn(C3CCNCC3)c2c1. The zero-order chi connectivity index (χ0) is 15.4. The molecule has 1 saturated heterocycles. The molecule has 0 saturated carbocycles. The fraction of sp³-hybridized carbons (Fsp3) is 0.500. The quantitative estimate of drug-likeness (QED) is 0.891. The summed E-state index contributed by atoms with van der Waals surface area (Å²) < 4.78 is 2.42. The monoisotopic (exact) mass is 299 g/mol. The van der Waals surface area contributed by atoms with Crippen LogP contribution < -0.4 is 10.6 Å². The third kappa shape index (κ3) is 3.33. The Morgan fingerprint density at radius 3 is 2.91 bits per heavy atom. The standard InChI is InChI=1S/C18H25N3O/c1-2-20-18(22)6-4-14-3-5-15-9-12-21(17(15)13-14)16-7-10-19-11-8-16/h3,5,9,12-13,16,19H,2,4,6-8,10-11H2,1H3,(H,20,22). The highest BCUT2D eigenvalue weighted by atomic mass is 16.1. The maximum Gasteiger partial charge on any atom is 0.220 e. The molecule has 2 heterocycles. The van der Waals surface area contributed by atoms with E-state index in [9.17, 15) is 4.79 Å². The summed E-state index contributed by atoms with van der Waals surface area (Å²) in [4.78, 5) is 11.6. The van der Waals surface area contributed by atoms with E-state index in [0.29, 0.717) is 19.0 Å². The van der Waals surface area contributed by atoms with Crippen LogP contribution in [0.1, 0.15) is 37.8 Å². The molecule has 1 aromatic carbocycles. The summed E-state index contributed by atoms with van der Waals surface area (Å²) in [6.07, 6.45) is 5.96. The first-order valence-electron chi connectivity index (χ1n) is 8.35. The van der Waals surface area contributed by atoms with Gasteiger partial charge in [0.15, 0.2) is 0 Å². The molecule has 1 fully saturated rings. The number of carbonyl (C=O) groups is 1. The molecule has 2 N–H and O–H groups in total. The van der Waals surface area contributed by atoms with Gasteiger partial charge in [-0.1, -0.05) is 12.1 Å². The Bertz CT molecular complexity index is 641. The lowest BCUT2D eigenvalue weighted by atomic mass is 10.0. The molecule has 0 spiro atoms. The minimum absolute atomic E-state index is 0.135. The minimum atomic E-state index is 0.135. The highest BCUT2D eigenvalue weighted by Gasteiger charge is 2.16. The predicted molar refractivity (Wildman–Crippen MR) is 90.1 cm³/mol. The molecule has 3 rings (SSSR count). The molecule has 22 heavy (non-hydrogen) atoms. The lowest BCUT2D eigenvalue weighted by Gasteiger charge is -2.25. The summed E-state index contributed by atoms with van der Waals surface area (Å²) in [5.74, 6) is 0.135. The Labute approximate surface area is 131 Å². The van der Waals surface area contributed by atoms with Crippen LogP contribution in [0.2, 0.25) is 0 Å². The van der Waals surface area contributed by atoms with Gasteiger partial charge in [-0.05, 0) is 62.4 Å². The Hall–Kier alpha value is -1.81. The van der Waals surface area contributed by atoms with Crippen LogP contribution in [-0.2, 0) is 11.2 Å². The normalized spacial score (nSPS) is 16.0. The van der Waals surface area contributed by atoms with E-state index in [1.165, 1.54) is 29.3 Å². The van der Waals surface area contributed by atoms with E-state index in [0.717, 1.165) is 19.5 Å². The van der Waals surface area contributed by atoms with Crippen LogP contribution in [0.5, 0.6) is 0 Å². The van der Waals surface area contributed by atoms with E-state index in [1.807, 2.05) is 6.92 Å². The largest absolute Gasteiger partial charge is 0.356 e. The molecule has 4 heteroatoms. The number of fused-ring (bicyclic) bond motifs is 1. The van der Waals surface area contributed by atoms with Gasteiger partial charge in [-0.15, -0.1) is 0 Å². The first kappa shape index (κ1) is 15.1. The molecule has 1 amide bonds. The van der Waals surface area contributed by atoms with Crippen molar-refractivity contribution in [2.75, 3.05) is 19.6 Å². The molecule has 0 atom stereocenters. The van der Waals surface area contributed by atoms with Gasteiger partial charge in [0.05, 0.1) is 0 Å². The maximum absolute atomic E-state index is 11.6. The second-order valence-corrected chi connectivity index (χ2v) is 6.05. The van der Waals surface area contributed by atoms with Crippen molar-refractivity contribution in [3.05, 3.63) is 36.0 Å². The van der Waals surface area contributed by atoms with Crippen LogP contribution in [0.15, 0.2) is 30.5 Å². The van der Waals surface area contributed by atoms with E-state index < -0.39 is 0 Å². The van der Waals surface area contributed by atoms with E-state index in [-0.39, 0.29) is 5.91 Å². The summed E-state index contributed by atoms with van der Waals surface area (Å²) >= 11 is 0. The average molecular weight is 299 g/mol. The average Bonchev–Trinajstić information content (AvgIpc) is 2.97. The Morgan fingerprint density at radius 1 is 1.32 bits per heavy atom. The summed E-state index contributed by atoms with van der Waals surface area (Å²) in [6.45, 7) is 4.86. The second-order valence-electron chi connectivity index (χ2n) is 6.05. The molecular weight excluding hydrogens is 274 g/mol. The lowest BCUT2D eigenvalue weighted by molar-refractivity contribution is -0.120. The molecular formula is C18H25N3O. The molecule has 2 aromatic rings. The van der Waals surface area contributed by atoms with Crippen LogP contribution in [-0.4, -0.2) is 30.1 Å². The van der Waals surface area contributed by atoms with Gasteiger partial charge in [0, 0.05) is 30.7 Å². The second kappa shape index (κ2) is 6.97. The van der Waals surface area contributed by atoms with Crippen LogP contribution >= 0.6 is 0 Å². The van der Waals surface area contributed by atoms with Gasteiger partial charge in [-0.3, -0.25) is 4.79 Å². The summed E-state index contributed by atoms with van der Waals surface area (Å²) in [7, 11) is 0. The molecule has 0 unspecified atom stereocenters. The molecule has 1 aromatic heterocycles. The third-order valence-electron chi connectivity index (χ3n) is 4.50. The smallest absolute Gasteiger partial charge is 0.220 e. The number of hydrogen-bond donors (Lipinski definition) is 2. The number of piperidine rings is 1. The van der Waals surface area contributed by atoms with Crippen molar-refractivity contribution < 1.29 is 4.79 Å². The maximum atomic E-state index is 11.6.